The smallest absolute Gasteiger partial charge is 0.156 e. The van der Waals surface area contributed by atoms with Crippen LogP contribution in [-0.2, 0) is 11.2 Å². The second-order valence-electron chi connectivity index (χ2n) is 4.53. The van der Waals surface area contributed by atoms with Crippen LogP contribution in [0.15, 0.2) is 24.3 Å². The highest BCUT2D eigenvalue weighted by Gasteiger charge is 2.32. The minimum atomic E-state index is -1.73. The Bertz CT molecular complexity index is 452. The number of Topliss-reactive ketones (excluding diaryl/α,β-unsaturated/α-hetero) is 1. The summed E-state index contributed by atoms with van der Waals surface area (Å²) in [6, 6.07) is 4.74. The molecule has 7 nitrogen and oxygen atoms in total. The van der Waals surface area contributed by atoms with Crippen molar-refractivity contribution in [1.29, 1.82) is 0 Å². The van der Waals surface area contributed by atoms with Crippen LogP contribution in [0.25, 0.3) is 0 Å². The average molecular weight is 285 g/mol. The Balaban J connectivity index is 2.70. The highest BCUT2D eigenvalue weighted by atomic mass is 16.4. The van der Waals surface area contributed by atoms with E-state index in [-0.39, 0.29) is 12.2 Å². The summed E-state index contributed by atoms with van der Waals surface area (Å²) < 4.78 is 0. The van der Waals surface area contributed by atoms with Crippen molar-refractivity contribution in [2.24, 2.45) is 5.73 Å². The van der Waals surface area contributed by atoms with Crippen molar-refractivity contribution in [2.75, 3.05) is 6.61 Å². The van der Waals surface area contributed by atoms with Crippen molar-refractivity contribution in [2.45, 2.75) is 30.8 Å². The van der Waals surface area contributed by atoms with E-state index in [0.29, 0.717) is 5.56 Å². The summed E-state index contributed by atoms with van der Waals surface area (Å²) in [5.41, 5.74) is 5.86. The fourth-order valence-corrected chi connectivity index (χ4v) is 1.70. The minimum Gasteiger partial charge on any atom is -0.508 e. The summed E-state index contributed by atoms with van der Waals surface area (Å²) in [4.78, 5) is 11.9. The quantitative estimate of drug-likeness (QED) is 0.337. The minimum absolute atomic E-state index is 0.0709. The van der Waals surface area contributed by atoms with E-state index in [0.717, 1.165) is 0 Å². The lowest BCUT2D eigenvalue weighted by Crippen LogP contribution is -2.53. The van der Waals surface area contributed by atoms with E-state index in [1.165, 1.54) is 12.1 Å². The van der Waals surface area contributed by atoms with Crippen molar-refractivity contribution in [3.05, 3.63) is 29.8 Å². The van der Waals surface area contributed by atoms with Gasteiger partial charge in [-0.1, -0.05) is 18.2 Å². The van der Waals surface area contributed by atoms with Crippen LogP contribution in [0.1, 0.15) is 5.56 Å². The highest BCUT2D eigenvalue weighted by Crippen LogP contribution is 2.17. The molecule has 0 aliphatic rings. The molecule has 7 heteroatoms. The average Bonchev–Trinajstić information content (AvgIpc) is 2.46. The highest BCUT2D eigenvalue weighted by molar-refractivity contribution is 5.87. The summed E-state index contributed by atoms with van der Waals surface area (Å²) in [6.45, 7) is -0.765. The van der Waals surface area contributed by atoms with Gasteiger partial charge in [-0.3, -0.25) is 4.79 Å². The fraction of sp³-hybridized carbons (Fsp3) is 0.462. The molecule has 0 aliphatic heterocycles. The van der Waals surface area contributed by atoms with E-state index < -0.39 is 36.7 Å². The van der Waals surface area contributed by atoms with E-state index in [2.05, 4.69) is 0 Å². The van der Waals surface area contributed by atoms with Gasteiger partial charge >= 0.3 is 0 Å². The Kier molecular flexibility index (Phi) is 6.05. The molecule has 20 heavy (non-hydrogen) atoms. The summed E-state index contributed by atoms with van der Waals surface area (Å²) in [5, 5.41) is 46.6. The van der Waals surface area contributed by atoms with Gasteiger partial charge in [0, 0.05) is 12.0 Å². The number of phenolic OH excluding ortho intramolecular Hbond substituents is 1. The monoisotopic (exact) mass is 285 g/mol. The number of nitrogens with two attached hydrogens (primary N) is 1. The number of rotatable bonds is 7. The zero-order chi connectivity index (χ0) is 15.3. The molecule has 0 unspecified atom stereocenters. The number of aromatic hydroxyl groups is 1. The molecule has 0 saturated heterocycles. The molecule has 0 fully saturated rings. The molecular weight excluding hydrogens is 266 g/mol. The standard InChI is InChI=1S/C13H19NO6/c14-11(13(20)12(19)10(18)6-15)9(17)5-7-3-1-2-4-8(7)16/h1-4,10-13,15-16,18-20H,5-6,14H2/t10-,11+,12-,13-/m1/s1. The summed E-state index contributed by atoms with van der Waals surface area (Å²) in [7, 11) is 0. The van der Waals surface area contributed by atoms with Gasteiger partial charge in [0.05, 0.1) is 12.6 Å². The molecule has 7 N–H and O–H groups in total. The largest absolute Gasteiger partial charge is 0.508 e. The lowest BCUT2D eigenvalue weighted by Gasteiger charge is -2.25. The molecule has 1 aromatic carbocycles. The first kappa shape index (κ1) is 16.5. The van der Waals surface area contributed by atoms with Crippen molar-refractivity contribution in [1.82, 2.24) is 0 Å². The van der Waals surface area contributed by atoms with Crippen LogP contribution in [-0.4, -0.2) is 62.3 Å². The molecule has 0 aromatic heterocycles. The molecule has 0 saturated carbocycles. The Morgan fingerprint density at radius 3 is 2.30 bits per heavy atom. The van der Waals surface area contributed by atoms with Crippen molar-refractivity contribution >= 4 is 5.78 Å². The van der Waals surface area contributed by atoms with E-state index in [4.69, 9.17) is 10.8 Å². The maximum absolute atomic E-state index is 11.9. The van der Waals surface area contributed by atoms with Crippen LogP contribution in [0.5, 0.6) is 5.75 Å². The molecule has 0 amide bonds. The third kappa shape index (κ3) is 3.99. The number of benzene rings is 1. The number of hydrogen-bond donors (Lipinski definition) is 6. The Morgan fingerprint density at radius 2 is 1.75 bits per heavy atom. The van der Waals surface area contributed by atoms with Crippen LogP contribution < -0.4 is 5.73 Å². The van der Waals surface area contributed by atoms with E-state index in [1.54, 1.807) is 12.1 Å². The van der Waals surface area contributed by atoms with Gasteiger partial charge in [0.1, 0.15) is 24.1 Å². The lowest BCUT2D eigenvalue weighted by atomic mass is 9.95. The van der Waals surface area contributed by atoms with Crippen LogP contribution in [0.2, 0.25) is 0 Å². The molecule has 0 spiro atoms. The molecule has 0 heterocycles. The summed E-state index contributed by atoms with van der Waals surface area (Å²) in [6.07, 6.45) is -5.25. The van der Waals surface area contributed by atoms with Crippen molar-refractivity contribution in [3.8, 4) is 5.75 Å². The number of ketones is 1. The number of carbonyl (C=O) groups is 1. The number of para-hydroxylation sites is 1. The SMILES string of the molecule is N[C@@H](C(=O)Cc1ccccc1O)[C@@H](O)[C@H](O)[C@H](O)CO. The fourth-order valence-electron chi connectivity index (χ4n) is 1.70. The van der Waals surface area contributed by atoms with Crippen LogP contribution in [0.3, 0.4) is 0 Å². The predicted molar refractivity (Wildman–Crippen MR) is 69.9 cm³/mol. The van der Waals surface area contributed by atoms with Crippen molar-refractivity contribution < 1.29 is 30.3 Å². The van der Waals surface area contributed by atoms with E-state index >= 15 is 0 Å². The van der Waals surface area contributed by atoms with E-state index in [1.807, 2.05) is 0 Å². The third-order valence-electron chi connectivity index (χ3n) is 3.03. The van der Waals surface area contributed by atoms with Gasteiger partial charge in [0.15, 0.2) is 5.78 Å². The van der Waals surface area contributed by atoms with E-state index in [9.17, 15) is 25.2 Å². The maximum atomic E-state index is 11.9. The van der Waals surface area contributed by atoms with Gasteiger partial charge in [0.2, 0.25) is 0 Å². The van der Waals surface area contributed by atoms with Crippen LogP contribution in [0, 0.1) is 0 Å². The molecule has 0 radical (unpaired) electrons. The number of aliphatic hydroxyl groups is 4. The Morgan fingerprint density at radius 1 is 1.15 bits per heavy atom. The first-order valence-corrected chi connectivity index (χ1v) is 6.08. The molecule has 0 bridgehead atoms. The normalized spacial score (nSPS) is 17.2. The molecule has 4 atom stereocenters. The number of aliphatic hydroxyl groups excluding tert-OH is 4. The zero-order valence-electron chi connectivity index (χ0n) is 10.8. The number of carbonyl (C=O) groups excluding carboxylic acids is 1. The Hall–Kier alpha value is -1.51. The molecular formula is C13H19NO6. The first-order chi connectivity index (χ1) is 9.38. The third-order valence-corrected chi connectivity index (χ3v) is 3.03. The number of phenols is 1. The van der Waals surface area contributed by atoms with Gasteiger partial charge < -0.3 is 31.3 Å². The molecule has 1 aromatic rings. The lowest BCUT2D eigenvalue weighted by molar-refractivity contribution is -0.128. The van der Waals surface area contributed by atoms with Gasteiger partial charge in [-0.15, -0.1) is 0 Å². The molecule has 1 rings (SSSR count). The molecule has 0 aliphatic carbocycles. The number of hydrogen-bond acceptors (Lipinski definition) is 7. The topological polar surface area (TPSA) is 144 Å². The predicted octanol–water partition coefficient (Wildman–Crippen LogP) is -2.09. The summed E-state index contributed by atoms with van der Waals surface area (Å²) >= 11 is 0. The van der Waals surface area contributed by atoms with Gasteiger partial charge in [0.25, 0.3) is 0 Å². The first-order valence-electron chi connectivity index (χ1n) is 6.08. The van der Waals surface area contributed by atoms with Crippen LogP contribution >= 0.6 is 0 Å². The van der Waals surface area contributed by atoms with Gasteiger partial charge in [-0.2, -0.15) is 0 Å². The van der Waals surface area contributed by atoms with Gasteiger partial charge in [-0.25, -0.2) is 0 Å². The molecule has 112 valence electrons. The Labute approximate surface area is 115 Å². The van der Waals surface area contributed by atoms with Gasteiger partial charge in [-0.05, 0) is 6.07 Å². The van der Waals surface area contributed by atoms with Crippen molar-refractivity contribution in [3.63, 3.8) is 0 Å². The van der Waals surface area contributed by atoms with Crippen LogP contribution in [0.4, 0.5) is 0 Å². The zero-order valence-corrected chi connectivity index (χ0v) is 10.8. The second-order valence-corrected chi connectivity index (χ2v) is 4.53. The summed E-state index contributed by atoms with van der Waals surface area (Å²) in [5.74, 6) is -0.679. The maximum Gasteiger partial charge on any atom is 0.156 e. The second kappa shape index (κ2) is 7.32.